The highest BCUT2D eigenvalue weighted by molar-refractivity contribution is 9.10. The summed E-state index contributed by atoms with van der Waals surface area (Å²) in [6.07, 6.45) is 2.13. The Morgan fingerprint density at radius 2 is 2.03 bits per heavy atom. The van der Waals surface area contributed by atoms with Crippen molar-refractivity contribution in [3.63, 3.8) is 0 Å². The summed E-state index contributed by atoms with van der Waals surface area (Å²) in [6, 6.07) is 19.3. The molecule has 6 nitrogen and oxygen atoms in total. The zero-order valence-corrected chi connectivity index (χ0v) is 22.6. The maximum absolute atomic E-state index is 14.7. The summed E-state index contributed by atoms with van der Waals surface area (Å²) < 4.78 is 21.6. The first-order valence-corrected chi connectivity index (χ1v) is 13.0. The van der Waals surface area contributed by atoms with Crippen LogP contribution in [0.25, 0.3) is 11.3 Å². The van der Waals surface area contributed by atoms with Gasteiger partial charge in [0.25, 0.3) is 0 Å². The lowest BCUT2D eigenvalue weighted by Crippen LogP contribution is -2.29. The van der Waals surface area contributed by atoms with Crippen molar-refractivity contribution in [2.45, 2.75) is 32.4 Å². The molecule has 1 fully saturated rings. The zero-order valence-electron chi connectivity index (χ0n) is 20.2. The quantitative estimate of drug-likeness (QED) is 0.238. The largest absolute Gasteiger partial charge is 0.459 e. The van der Waals surface area contributed by atoms with Crippen molar-refractivity contribution in [2.24, 2.45) is 0 Å². The van der Waals surface area contributed by atoms with E-state index in [0.717, 1.165) is 22.6 Å². The highest BCUT2D eigenvalue weighted by Gasteiger charge is 2.42. The Hall–Kier alpha value is -3.56. The minimum absolute atomic E-state index is 0.0504. The molecule has 0 radical (unpaired) electrons. The van der Waals surface area contributed by atoms with Gasteiger partial charge < -0.3 is 20.0 Å². The van der Waals surface area contributed by atoms with E-state index in [1.165, 1.54) is 6.07 Å². The van der Waals surface area contributed by atoms with Gasteiger partial charge >= 0.3 is 0 Å². The van der Waals surface area contributed by atoms with E-state index >= 15 is 0 Å². The van der Waals surface area contributed by atoms with Crippen LogP contribution in [0, 0.1) is 12.7 Å². The Kier molecular flexibility index (Phi) is 7.08. The van der Waals surface area contributed by atoms with Crippen molar-refractivity contribution in [1.82, 2.24) is 10.3 Å². The van der Waals surface area contributed by atoms with Gasteiger partial charge in [-0.25, -0.2) is 4.39 Å². The Balaban J connectivity index is 1.57. The number of nitrogens with zero attached hydrogens (tertiary/aromatic N) is 2. The monoisotopic (exact) mass is 578 g/mol. The van der Waals surface area contributed by atoms with E-state index in [0.29, 0.717) is 33.1 Å². The Labute approximate surface area is 228 Å². The molecule has 3 heterocycles. The minimum atomic E-state index is -0.384. The van der Waals surface area contributed by atoms with Crippen molar-refractivity contribution >= 4 is 50.5 Å². The van der Waals surface area contributed by atoms with E-state index in [1.54, 1.807) is 24.4 Å². The van der Waals surface area contributed by atoms with Crippen LogP contribution >= 0.6 is 28.1 Å². The molecule has 37 heavy (non-hydrogen) atoms. The summed E-state index contributed by atoms with van der Waals surface area (Å²) in [4.78, 5) is 18.5. The van der Waals surface area contributed by atoms with Gasteiger partial charge in [-0.15, -0.1) is 0 Å². The first-order valence-electron chi connectivity index (χ1n) is 11.8. The third-order valence-corrected chi connectivity index (χ3v) is 7.10. The topological polar surface area (TPSA) is 70.4 Å². The lowest BCUT2D eigenvalue weighted by atomic mass is 10.0. The number of anilines is 2. The molecule has 0 spiro atoms. The maximum atomic E-state index is 14.7. The molecular formula is C28H24BrFN4O2S. The summed E-state index contributed by atoms with van der Waals surface area (Å²) >= 11 is 9.09. The third-order valence-electron chi connectivity index (χ3n) is 6.30. The van der Waals surface area contributed by atoms with Crippen molar-refractivity contribution in [3.8, 4) is 11.3 Å². The molecule has 0 aliphatic carbocycles. The van der Waals surface area contributed by atoms with E-state index in [2.05, 4.69) is 31.5 Å². The average Bonchev–Trinajstić information content (AvgIpc) is 3.50. The second-order valence-corrected chi connectivity index (χ2v) is 10.0. The molecule has 9 heteroatoms. The molecule has 188 valence electrons. The van der Waals surface area contributed by atoms with E-state index in [9.17, 15) is 9.18 Å². The van der Waals surface area contributed by atoms with Crippen molar-refractivity contribution < 1.29 is 13.6 Å². The maximum Gasteiger partial charge on any atom is 0.224 e. The van der Waals surface area contributed by atoms with Gasteiger partial charge in [0.15, 0.2) is 5.11 Å². The predicted molar refractivity (Wildman–Crippen MR) is 150 cm³/mol. The fourth-order valence-corrected chi connectivity index (χ4v) is 5.12. The molecule has 2 atom stereocenters. The number of pyridine rings is 1. The number of amides is 1. The number of benzene rings is 2. The number of carbonyl (C=O) groups excluding carboxylic acids is 1. The normalized spacial score (nSPS) is 17.1. The lowest BCUT2D eigenvalue weighted by Gasteiger charge is -2.26. The molecule has 1 amide bonds. The van der Waals surface area contributed by atoms with Crippen LogP contribution in [0.4, 0.5) is 15.8 Å². The number of hydrogen-bond acceptors (Lipinski definition) is 4. The minimum Gasteiger partial charge on any atom is -0.459 e. The van der Waals surface area contributed by atoms with Crippen LogP contribution in [-0.4, -0.2) is 16.0 Å². The van der Waals surface area contributed by atoms with Crippen LogP contribution in [0.5, 0.6) is 0 Å². The van der Waals surface area contributed by atoms with Crippen LogP contribution in [0.15, 0.2) is 81.8 Å². The van der Waals surface area contributed by atoms with E-state index < -0.39 is 0 Å². The molecule has 2 aromatic heterocycles. The highest BCUT2D eigenvalue weighted by atomic mass is 79.9. The van der Waals surface area contributed by atoms with Gasteiger partial charge in [-0.1, -0.05) is 28.9 Å². The number of carbonyl (C=O) groups is 1. The van der Waals surface area contributed by atoms with E-state index in [4.69, 9.17) is 16.6 Å². The van der Waals surface area contributed by atoms with Gasteiger partial charge in [-0.3, -0.25) is 9.78 Å². The molecule has 0 unspecified atom stereocenters. The number of furan rings is 1. The predicted octanol–water partition coefficient (Wildman–Crippen LogP) is 7.08. The second-order valence-electron chi connectivity index (χ2n) is 8.72. The summed E-state index contributed by atoms with van der Waals surface area (Å²) in [5.74, 6) is 0.604. The van der Waals surface area contributed by atoms with Crippen LogP contribution in [0.1, 0.15) is 42.4 Å². The second kappa shape index (κ2) is 10.4. The number of thiocarbonyl (C=S) groups is 1. The van der Waals surface area contributed by atoms with E-state index in [-0.39, 0.29) is 23.8 Å². The molecular weight excluding hydrogens is 555 g/mol. The van der Waals surface area contributed by atoms with Gasteiger partial charge in [0.2, 0.25) is 5.91 Å². The Morgan fingerprint density at radius 3 is 2.73 bits per heavy atom. The summed E-state index contributed by atoms with van der Waals surface area (Å²) in [5, 5.41) is 6.83. The fraction of sp³-hybridized carbons (Fsp3) is 0.179. The Morgan fingerprint density at radius 1 is 1.19 bits per heavy atom. The number of rotatable bonds is 6. The number of aromatic nitrogens is 1. The Bertz CT molecular complexity index is 1480. The highest BCUT2D eigenvalue weighted by Crippen LogP contribution is 2.43. The molecule has 1 aliphatic heterocycles. The molecule has 1 aliphatic rings. The van der Waals surface area contributed by atoms with Gasteiger partial charge in [-0.05, 0) is 85.4 Å². The van der Waals surface area contributed by atoms with Gasteiger partial charge in [-0.2, -0.15) is 0 Å². The van der Waals surface area contributed by atoms with Gasteiger partial charge in [0, 0.05) is 28.5 Å². The first kappa shape index (κ1) is 25.1. The molecule has 1 saturated heterocycles. The number of aryl methyl sites for hydroxylation is 1. The van der Waals surface area contributed by atoms with Crippen molar-refractivity contribution in [3.05, 3.63) is 100 Å². The lowest BCUT2D eigenvalue weighted by molar-refractivity contribution is -0.115. The van der Waals surface area contributed by atoms with Crippen LogP contribution in [-0.2, 0) is 4.79 Å². The fourth-order valence-electron chi connectivity index (χ4n) is 4.44. The summed E-state index contributed by atoms with van der Waals surface area (Å²) in [7, 11) is 0. The molecule has 4 aromatic rings. The third kappa shape index (κ3) is 5.01. The smallest absolute Gasteiger partial charge is 0.224 e. The molecule has 5 rings (SSSR count). The SMILES string of the molecule is CCC(=O)Nc1ccc(N2C(=S)N[C@H](c3ccccn3)[C@H]2c2ccc(-c3ccc(Br)cc3F)o2)cc1C. The number of hydrogen-bond donors (Lipinski definition) is 2. The standard InChI is InChI=1S/C28H24BrFN4O2S/c1-3-25(35)32-21-10-8-18(14-16(21)2)34-27(26(33-28(34)37)22-6-4-5-13-31-22)24-12-11-23(36-24)19-9-7-17(29)15-20(19)30/h4-15,26-27H,3H2,1-2H3,(H,32,35)(H,33,37)/t26-,27-/m1/s1. The molecule has 0 saturated carbocycles. The average molecular weight is 579 g/mol. The molecule has 2 N–H and O–H groups in total. The summed E-state index contributed by atoms with van der Waals surface area (Å²) in [6.45, 7) is 3.75. The zero-order chi connectivity index (χ0) is 26.1. The number of nitrogens with one attached hydrogen (secondary N) is 2. The molecule has 2 aromatic carbocycles. The summed E-state index contributed by atoms with van der Waals surface area (Å²) in [5.41, 5.74) is 3.65. The van der Waals surface area contributed by atoms with Crippen molar-refractivity contribution in [1.29, 1.82) is 0 Å². The van der Waals surface area contributed by atoms with Crippen molar-refractivity contribution in [2.75, 3.05) is 10.2 Å². The van der Waals surface area contributed by atoms with Crippen LogP contribution < -0.4 is 15.5 Å². The number of halogens is 2. The van der Waals surface area contributed by atoms with Crippen LogP contribution in [0.3, 0.4) is 0 Å². The van der Waals surface area contributed by atoms with Gasteiger partial charge in [0.1, 0.15) is 23.4 Å². The first-order chi connectivity index (χ1) is 17.9. The van der Waals surface area contributed by atoms with Crippen LogP contribution in [0.2, 0.25) is 0 Å². The molecule has 0 bridgehead atoms. The van der Waals surface area contributed by atoms with E-state index in [1.807, 2.05) is 61.2 Å². The van der Waals surface area contributed by atoms with Gasteiger partial charge in [0.05, 0.1) is 17.3 Å².